The largest absolute Gasteiger partial charge is 0.353 e. The SMILES string of the molecule is CC1CCC(NC(=O)C[C@H](C)S(=O)(=O)c2ccc3c(c2)NC(=O)CS3)CC1. The molecule has 0 aromatic heterocycles. The average Bonchev–Trinajstić information content (AvgIpc) is 2.62. The van der Waals surface area contributed by atoms with Crippen LogP contribution in [-0.4, -0.2) is 37.3 Å². The molecule has 0 saturated heterocycles. The molecule has 1 aliphatic carbocycles. The second-order valence-electron chi connectivity index (χ2n) is 7.58. The molecule has 0 spiro atoms. The van der Waals surface area contributed by atoms with Gasteiger partial charge in [-0.3, -0.25) is 9.59 Å². The smallest absolute Gasteiger partial charge is 0.234 e. The van der Waals surface area contributed by atoms with Gasteiger partial charge in [-0.25, -0.2) is 8.42 Å². The molecule has 1 saturated carbocycles. The minimum absolute atomic E-state index is 0.0629. The first-order valence-electron chi connectivity index (χ1n) is 9.35. The number of carbonyl (C=O) groups excluding carboxylic acids is 2. The lowest BCUT2D eigenvalue weighted by Crippen LogP contribution is -2.39. The van der Waals surface area contributed by atoms with Gasteiger partial charge >= 0.3 is 0 Å². The van der Waals surface area contributed by atoms with E-state index in [9.17, 15) is 18.0 Å². The van der Waals surface area contributed by atoms with Crippen molar-refractivity contribution in [1.29, 1.82) is 0 Å². The van der Waals surface area contributed by atoms with Crippen molar-refractivity contribution in [1.82, 2.24) is 5.32 Å². The van der Waals surface area contributed by atoms with E-state index in [0.29, 0.717) is 17.4 Å². The molecule has 1 aromatic carbocycles. The summed E-state index contributed by atoms with van der Waals surface area (Å²) in [5.74, 6) is 0.666. The highest BCUT2D eigenvalue weighted by Crippen LogP contribution is 2.34. The second kappa shape index (κ2) is 8.22. The van der Waals surface area contributed by atoms with Gasteiger partial charge in [-0.05, 0) is 56.7 Å². The van der Waals surface area contributed by atoms with E-state index >= 15 is 0 Å². The molecule has 1 fully saturated rings. The first-order valence-corrected chi connectivity index (χ1v) is 11.9. The predicted molar refractivity (Wildman–Crippen MR) is 107 cm³/mol. The summed E-state index contributed by atoms with van der Waals surface area (Å²) in [5, 5.41) is 4.86. The van der Waals surface area contributed by atoms with Crippen LogP contribution in [0.1, 0.15) is 46.0 Å². The number of sulfone groups is 1. The Morgan fingerprint density at radius 2 is 2.00 bits per heavy atom. The summed E-state index contributed by atoms with van der Waals surface area (Å²) < 4.78 is 25.7. The predicted octanol–water partition coefficient (Wildman–Crippen LogP) is 2.98. The van der Waals surface area contributed by atoms with Gasteiger partial charge in [0.15, 0.2) is 9.84 Å². The molecule has 148 valence electrons. The maximum atomic E-state index is 12.9. The van der Waals surface area contributed by atoms with E-state index in [4.69, 9.17) is 0 Å². The van der Waals surface area contributed by atoms with Gasteiger partial charge in [0.2, 0.25) is 11.8 Å². The lowest BCUT2D eigenvalue weighted by atomic mass is 9.87. The highest BCUT2D eigenvalue weighted by atomic mass is 32.2. The van der Waals surface area contributed by atoms with Crippen LogP contribution in [0.25, 0.3) is 0 Å². The van der Waals surface area contributed by atoms with Crippen molar-refractivity contribution in [2.24, 2.45) is 5.92 Å². The molecule has 2 amide bonds. The van der Waals surface area contributed by atoms with Crippen molar-refractivity contribution >= 4 is 39.1 Å². The molecule has 8 heteroatoms. The third kappa shape index (κ3) is 4.85. The fourth-order valence-corrected chi connectivity index (χ4v) is 5.70. The van der Waals surface area contributed by atoms with Crippen molar-refractivity contribution in [3.05, 3.63) is 18.2 Å². The van der Waals surface area contributed by atoms with Crippen LogP contribution in [0.4, 0.5) is 5.69 Å². The minimum atomic E-state index is -3.66. The van der Waals surface area contributed by atoms with E-state index in [2.05, 4.69) is 17.6 Å². The highest BCUT2D eigenvalue weighted by molar-refractivity contribution is 8.00. The van der Waals surface area contributed by atoms with E-state index < -0.39 is 15.1 Å². The molecule has 6 nitrogen and oxygen atoms in total. The van der Waals surface area contributed by atoms with Crippen molar-refractivity contribution in [2.45, 2.75) is 67.0 Å². The number of nitrogens with one attached hydrogen (secondary N) is 2. The molecule has 0 radical (unpaired) electrons. The molecule has 1 aliphatic heterocycles. The molecule has 0 bridgehead atoms. The standard InChI is InChI=1S/C19H26N2O4S2/c1-12-3-5-14(6-4-12)20-18(22)9-13(2)27(24,25)15-7-8-17-16(10-15)21-19(23)11-26-17/h7-8,10,12-14H,3-6,9,11H2,1-2H3,(H,20,22)(H,21,23)/t12?,13-,14?/m0/s1. The number of thioether (sulfide) groups is 1. The summed E-state index contributed by atoms with van der Waals surface area (Å²) in [6.07, 6.45) is 4.04. The molecule has 2 N–H and O–H groups in total. The number of carbonyl (C=O) groups is 2. The number of amides is 2. The number of benzene rings is 1. The monoisotopic (exact) mass is 410 g/mol. The molecule has 1 atom stereocenters. The molecule has 0 unspecified atom stereocenters. The van der Waals surface area contributed by atoms with Gasteiger partial charge in [0.05, 0.1) is 21.6 Å². The third-order valence-electron chi connectivity index (χ3n) is 5.30. The Labute approximate surface area is 164 Å². The summed E-state index contributed by atoms with van der Waals surface area (Å²) in [7, 11) is -3.66. The summed E-state index contributed by atoms with van der Waals surface area (Å²) in [6.45, 7) is 3.77. The Balaban J connectivity index is 1.65. The zero-order chi connectivity index (χ0) is 19.6. The van der Waals surface area contributed by atoms with E-state index in [1.807, 2.05) is 0 Å². The van der Waals surface area contributed by atoms with E-state index in [1.165, 1.54) is 17.8 Å². The zero-order valence-corrected chi connectivity index (χ0v) is 17.3. The first-order chi connectivity index (χ1) is 12.8. The van der Waals surface area contributed by atoms with Gasteiger partial charge in [-0.15, -0.1) is 11.8 Å². The number of hydrogen-bond acceptors (Lipinski definition) is 5. The summed E-state index contributed by atoms with van der Waals surface area (Å²) in [5.41, 5.74) is 0.519. The van der Waals surface area contributed by atoms with E-state index in [0.717, 1.165) is 30.6 Å². The zero-order valence-electron chi connectivity index (χ0n) is 15.7. The topological polar surface area (TPSA) is 92.3 Å². The fourth-order valence-electron chi connectivity index (χ4n) is 3.53. The number of fused-ring (bicyclic) bond motifs is 1. The fraction of sp³-hybridized carbons (Fsp3) is 0.579. The van der Waals surface area contributed by atoms with E-state index in [1.54, 1.807) is 19.1 Å². The first kappa shape index (κ1) is 20.2. The Hall–Kier alpha value is -1.54. The summed E-state index contributed by atoms with van der Waals surface area (Å²) in [6, 6.07) is 4.91. The van der Waals surface area contributed by atoms with Crippen molar-refractivity contribution in [2.75, 3.05) is 11.1 Å². The van der Waals surface area contributed by atoms with Crippen molar-refractivity contribution in [3.63, 3.8) is 0 Å². The van der Waals surface area contributed by atoms with Crippen LogP contribution in [0.5, 0.6) is 0 Å². The van der Waals surface area contributed by atoms with Crippen LogP contribution >= 0.6 is 11.8 Å². The Bertz CT molecular complexity index is 830. The molecule has 2 aliphatic rings. The Kier molecular flexibility index (Phi) is 6.15. The lowest BCUT2D eigenvalue weighted by molar-refractivity contribution is -0.122. The normalized spacial score (nSPS) is 23.9. The number of hydrogen-bond donors (Lipinski definition) is 2. The summed E-state index contributed by atoms with van der Waals surface area (Å²) in [4.78, 5) is 24.8. The van der Waals surface area contributed by atoms with Gasteiger partial charge < -0.3 is 10.6 Å². The third-order valence-corrected chi connectivity index (χ3v) is 8.51. The Morgan fingerprint density at radius 1 is 1.30 bits per heavy atom. The van der Waals surface area contributed by atoms with Gasteiger partial charge in [0.25, 0.3) is 0 Å². The van der Waals surface area contributed by atoms with Gasteiger partial charge in [0.1, 0.15) is 0 Å². The molecule has 27 heavy (non-hydrogen) atoms. The van der Waals surface area contributed by atoms with Gasteiger partial charge in [-0.1, -0.05) is 6.92 Å². The number of anilines is 1. The van der Waals surface area contributed by atoms with Gasteiger partial charge in [0, 0.05) is 17.4 Å². The molecular formula is C19H26N2O4S2. The molecule has 3 rings (SSSR count). The minimum Gasteiger partial charge on any atom is -0.353 e. The average molecular weight is 411 g/mol. The van der Waals surface area contributed by atoms with Crippen LogP contribution in [0.15, 0.2) is 28.0 Å². The lowest BCUT2D eigenvalue weighted by Gasteiger charge is -2.27. The van der Waals surface area contributed by atoms with Crippen molar-refractivity contribution < 1.29 is 18.0 Å². The maximum absolute atomic E-state index is 12.9. The van der Waals surface area contributed by atoms with Crippen LogP contribution in [0, 0.1) is 5.92 Å². The Morgan fingerprint density at radius 3 is 2.70 bits per heavy atom. The van der Waals surface area contributed by atoms with Crippen LogP contribution in [-0.2, 0) is 19.4 Å². The van der Waals surface area contributed by atoms with E-state index in [-0.39, 0.29) is 29.2 Å². The molecular weight excluding hydrogens is 384 g/mol. The second-order valence-corrected chi connectivity index (χ2v) is 11.0. The van der Waals surface area contributed by atoms with Crippen LogP contribution in [0.2, 0.25) is 0 Å². The maximum Gasteiger partial charge on any atom is 0.234 e. The van der Waals surface area contributed by atoms with Crippen LogP contribution in [0.3, 0.4) is 0 Å². The molecule has 1 aromatic rings. The number of rotatable bonds is 5. The quantitative estimate of drug-likeness (QED) is 0.779. The highest BCUT2D eigenvalue weighted by Gasteiger charge is 2.28. The van der Waals surface area contributed by atoms with Gasteiger partial charge in [-0.2, -0.15) is 0 Å². The van der Waals surface area contributed by atoms with Crippen LogP contribution < -0.4 is 10.6 Å². The summed E-state index contributed by atoms with van der Waals surface area (Å²) >= 11 is 1.38. The molecule has 1 heterocycles. The van der Waals surface area contributed by atoms with Crippen molar-refractivity contribution in [3.8, 4) is 0 Å².